The van der Waals surface area contributed by atoms with E-state index in [4.69, 9.17) is 14.7 Å². The van der Waals surface area contributed by atoms with E-state index >= 15 is 0 Å². The molecule has 0 spiro atoms. The molecule has 102 valence electrons. The molecule has 0 radical (unpaired) electrons. The van der Waals surface area contributed by atoms with E-state index in [1.165, 1.54) is 19.3 Å². The van der Waals surface area contributed by atoms with Gasteiger partial charge in [0.15, 0.2) is 0 Å². The van der Waals surface area contributed by atoms with E-state index in [1.54, 1.807) is 13.2 Å². The average molecular weight is 259 g/mol. The Hall–Kier alpha value is -1.53. The molecule has 19 heavy (non-hydrogen) atoms. The third-order valence-corrected chi connectivity index (χ3v) is 3.88. The SMILES string of the molecule is COc1cc(COC2CCCCC2C)ccc1C#N. The Bertz CT molecular complexity index is 464. The van der Waals surface area contributed by atoms with Crippen LogP contribution in [0.5, 0.6) is 5.75 Å². The fourth-order valence-electron chi connectivity index (χ4n) is 2.65. The Balaban J connectivity index is 1.97. The number of hydrogen-bond acceptors (Lipinski definition) is 3. The van der Waals surface area contributed by atoms with Crippen molar-refractivity contribution in [3.8, 4) is 11.8 Å². The third-order valence-electron chi connectivity index (χ3n) is 3.88. The summed E-state index contributed by atoms with van der Waals surface area (Å²) in [6.45, 7) is 2.86. The van der Waals surface area contributed by atoms with Crippen LogP contribution in [-0.2, 0) is 11.3 Å². The maximum Gasteiger partial charge on any atom is 0.136 e. The van der Waals surface area contributed by atoms with Gasteiger partial charge in [0.25, 0.3) is 0 Å². The van der Waals surface area contributed by atoms with Crippen LogP contribution in [0.4, 0.5) is 0 Å². The Morgan fingerprint density at radius 1 is 1.32 bits per heavy atom. The molecule has 0 aromatic heterocycles. The molecule has 1 aliphatic rings. The van der Waals surface area contributed by atoms with Crippen molar-refractivity contribution < 1.29 is 9.47 Å². The minimum absolute atomic E-state index is 0.371. The minimum atomic E-state index is 0.371. The molecule has 0 bridgehead atoms. The van der Waals surface area contributed by atoms with E-state index in [-0.39, 0.29) is 0 Å². The molecule has 2 unspecified atom stereocenters. The first-order valence-electron chi connectivity index (χ1n) is 6.93. The van der Waals surface area contributed by atoms with Gasteiger partial charge in [-0.2, -0.15) is 5.26 Å². The largest absolute Gasteiger partial charge is 0.495 e. The quantitative estimate of drug-likeness (QED) is 0.828. The fraction of sp³-hybridized carbons (Fsp3) is 0.562. The monoisotopic (exact) mass is 259 g/mol. The Kier molecular flexibility index (Phi) is 4.81. The summed E-state index contributed by atoms with van der Waals surface area (Å²) in [5.74, 6) is 1.27. The molecule has 0 N–H and O–H groups in total. The highest BCUT2D eigenvalue weighted by atomic mass is 16.5. The van der Waals surface area contributed by atoms with E-state index < -0.39 is 0 Å². The van der Waals surface area contributed by atoms with Crippen LogP contribution in [0, 0.1) is 17.2 Å². The first-order valence-corrected chi connectivity index (χ1v) is 6.93. The van der Waals surface area contributed by atoms with Crippen LogP contribution in [0.1, 0.15) is 43.7 Å². The summed E-state index contributed by atoms with van der Waals surface area (Å²) in [4.78, 5) is 0. The second-order valence-electron chi connectivity index (χ2n) is 5.26. The molecule has 0 amide bonds. The van der Waals surface area contributed by atoms with Gasteiger partial charge in [-0.25, -0.2) is 0 Å². The van der Waals surface area contributed by atoms with E-state index in [0.29, 0.717) is 29.9 Å². The first-order chi connectivity index (χ1) is 9.24. The summed E-state index contributed by atoms with van der Waals surface area (Å²) in [7, 11) is 1.59. The highest BCUT2D eigenvalue weighted by molar-refractivity contribution is 5.45. The van der Waals surface area contributed by atoms with Gasteiger partial charge in [0, 0.05) is 0 Å². The number of nitriles is 1. The molecule has 0 heterocycles. The molecule has 0 aliphatic heterocycles. The number of methoxy groups -OCH3 is 1. The van der Waals surface area contributed by atoms with Crippen molar-refractivity contribution in [2.75, 3.05) is 7.11 Å². The van der Waals surface area contributed by atoms with Crippen molar-refractivity contribution in [2.45, 2.75) is 45.3 Å². The van der Waals surface area contributed by atoms with Gasteiger partial charge >= 0.3 is 0 Å². The summed E-state index contributed by atoms with van der Waals surface area (Å²) in [6, 6.07) is 7.75. The van der Waals surface area contributed by atoms with Crippen LogP contribution in [0.15, 0.2) is 18.2 Å². The number of rotatable bonds is 4. The van der Waals surface area contributed by atoms with E-state index in [1.807, 2.05) is 12.1 Å². The van der Waals surface area contributed by atoms with Crippen molar-refractivity contribution in [1.29, 1.82) is 5.26 Å². The zero-order valence-electron chi connectivity index (χ0n) is 11.7. The van der Waals surface area contributed by atoms with Crippen molar-refractivity contribution in [2.24, 2.45) is 5.92 Å². The molecule has 2 atom stereocenters. The van der Waals surface area contributed by atoms with Gasteiger partial charge < -0.3 is 9.47 Å². The average Bonchev–Trinajstić information content (AvgIpc) is 2.46. The number of hydrogen-bond donors (Lipinski definition) is 0. The van der Waals surface area contributed by atoms with Crippen LogP contribution in [0.25, 0.3) is 0 Å². The third kappa shape index (κ3) is 3.48. The summed E-state index contributed by atoms with van der Waals surface area (Å²) >= 11 is 0. The van der Waals surface area contributed by atoms with Crippen LogP contribution in [0.3, 0.4) is 0 Å². The highest BCUT2D eigenvalue weighted by Gasteiger charge is 2.21. The van der Waals surface area contributed by atoms with Crippen molar-refractivity contribution in [3.63, 3.8) is 0 Å². The molecule has 1 aromatic rings. The Labute approximate surface area is 115 Å². The summed E-state index contributed by atoms with van der Waals surface area (Å²) < 4.78 is 11.2. The van der Waals surface area contributed by atoms with Crippen LogP contribution in [-0.4, -0.2) is 13.2 Å². The van der Waals surface area contributed by atoms with Gasteiger partial charge in [-0.1, -0.05) is 25.8 Å². The van der Waals surface area contributed by atoms with Crippen molar-refractivity contribution in [3.05, 3.63) is 29.3 Å². The fourth-order valence-corrected chi connectivity index (χ4v) is 2.65. The highest BCUT2D eigenvalue weighted by Crippen LogP contribution is 2.27. The predicted molar refractivity (Wildman–Crippen MR) is 73.9 cm³/mol. The standard InChI is InChI=1S/C16H21NO2/c1-12-5-3-4-6-15(12)19-11-13-7-8-14(10-17)16(9-13)18-2/h7-9,12,15H,3-6,11H2,1-2H3. The summed E-state index contributed by atoms with van der Waals surface area (Å²) in [5.41, 5.74) is 1.63. The molecule has 1 saturated carbocycles. The molecule has 0 saturated heterocycles. The van der Waals surface area contributed by atoms with E-state index in [2.05, 4.69) is 13.0 Å². The van der Waals surface area contributed by atoms with Crippen molar-refractivity contribution >= 4 is 0 Å². The molecule has 3 heteroatoms. The summed E-state index contributed by atoms with van der Waals surface area (Å²) in [5, 5.41) is 8.95. The number of benzene rings is 1. The smallest absolute Gasteiger partial charge is 0.136 e. The molecule has 2 rings (SSSR count). The van der Waals surface area contributed by atoms with E-state index in [9.17, 15) is 0 Å². The number of nitrogens with zero attached hydrogens (tertiary/aromatic N) is 1. The topological polar surface area (TPSA) is 42.2 Å². The van der Waals surface area contributed by atoms with E-state index in [0.717, 1.165) is 12.0 Å². The van der Waals surface area contributed by atoms with Gasteiger partial charge in [0.1, 0.15) is 11.8 Å². The molecule has 1 fully saturated rings. The van der Waals surface area contributed by atoms with Gasteiger partial charge in [0.05, 0.1) is 25.4 Å². The lowest BCUT2D eigenvalue weighted by atomic mass is 9.88. The molecule has 1 aliphatic carbocycles. The predicted octanol–water partition coefficient (Wildman–Crippen LogP) is 3.66. The second-order valence-corrected chi connectivity index (χ2v) is 5.26. The zero-order valence-corrected chi connectivity index (χ0v) is 11.7. The maximum absolute atomic E-state index is 8.95. The molecule has 1 aromatic carbocycles. The zero-order chi connectivity index (χ0) is 13.7. The second kappa shape index (κ2) is 6.58. The summed E-state index contributed by atoms with van der Waals surface area (Å²) in [6.07, 6.45) is 5.39. The Morgan fingerprint density at radius 3 is 2.79 bits per heavy atom. The van der Waals surface area contributed by atoms with Crippen LogP contribution >= 0.6 is 0 Å². The number of ether oxygens (including phenoxy) is 2. The molecular weight excluding hydrogens is 238 g/mol. The lowest BCUT2D eigenvalue weighted by molar-refractivity contribution is -0.0155. The van der Waals surface area contributed by atoms with Crippen LogP contribution in [0.2, 0.25) is 0 Å². The van der Waals surface area contributed by atoms with Crippen molar-refractivity contribution in [1.82, 2.24) is 0 Å². The van der Waals surface area contributed by atoms with Gasteiger partial charge in [0.2, 0.25) is 0 Å². The van der Waals surface area contributed by atoms with Crippen LogP contribution < -0.4 is 4.74 Å². The lowest BCUT2D eigenvalue weighted by Gasteiger charge is -2.28. The van der Waals surface area contributed by atoms with Gasteiger partial charge in [-0.15, -0.1) is 0 Å². The minimum Gasteiger partial charge on any atom is -0.495 e. The first kappa shape index (κ1) is 13.9. The molecule has 3 nitrogen and oxygen atoms in total. The van der Waals surface area contributed by atoms with Gasteiger partial charge in [-0.3, -0.25) is 0 Å². The lowest BCUT2D eigenvalue weighted by Crippen LogP contribution is -2.25. The Morgan fingerprint density at radius 2 is 2.11 bits per heavy atom. The molecular formula is C16H21NO2. The maximum atomic E-state index is 8.95. The normalized spacial score (nSPS) is 22.8. The van der Waals surface area contributed by atoms with Gasteiger partial charge in [-0.05, 0) is 36.5 Å².